The number of carbonyl (C=O) groups excluding carboxylic acids is 1. The lowest BCUT2D eigenvalue weighted by Crippen LogP contribution is -2.32. The molecular formula is C11H16N2O5. The normalized spacial score (nSPS) is 12.1. The Morgan fingerprint density at radius 3 is 2.83 bits per heavy atom. The van der Waals surface area contributed by atoms with Gasteiger partial charge in [0.05, 0.1) is 6.61 Å². The quantitative estimate of drug-likeness (QED) is 0.642. The molecule has 0 fully saturated rings. The van der Waals surface area contributed by atoms with Crippen LogP contribution in [0, 0.1) is 5.92 Å². The fraction of sp³-hybridized carbons (Fsp3) is 0.545. The van der Waals surface area contributed by atoms with E-state index in [0.717, 1.165) is 0 Å². The molecule has 1 rings (SSSR count). The van der Waals surface area contributed by atoms with Gasteiger partial charge in [0.2, 0.25) is 0 Å². The molecule has 1 aromatic heterocycles. The SMILES string of the molecule is CC(=O)OCC(CCO)Cn1ccc(=O)[nH]c1=O. The van der Waals surface area contributed by atoms with Crippen LogP contribution in [-0.4, -0.2) is 33.8 Å². The molecule has 0 radical (unpaired) electrons. The van der Waals surface area contributed by atoms with E-state index in [-0.39, 0.29) is 25.7 Å². The van der Waals surface area contributed by atoms with Gasteiger partial charge in [0.15, 0.2) is 0 Å². The van der Waals surface area contributed by atoms with Gasteiger partial charge in [0.1, 0.15) is 0 Å². The third kappa shape index (κ3) is 4.54. The van der Waals surface area contributed by atoms with Crippen LogP contribution in [0.3, 0.4) is 0 Å². The van der Waals surface area contributed by atoms with Gasteiger partial charge in [0, 0.05) is 38.3 Å². The first-order valence-corrected chi connectivity index (χ1v) is 5.57. The third-order valence-corrected chi connectivity index (χ3v) is 2.41. The number of aliphatic hydroxyl groups is 1. The van der Waals surface area contributed by atoms with Crippen molar-refractivity contribution in [2.24, 2.45) is 5.92 Å². The minimum Gasteiger partial charge on any atom is -0.466 e. The maximum absolute atomic E-state index is 11.5. The molecule has 0 aliphatic carbocycles. The summed E-state index contributed by atoms with van der Waals surface area (Å²) in [6.45, 7) is 1.62. The molecule has 0 aromatic carbocycles. The summed E-state index contributed by atoms with van der Waals surface area (Å²) in [4.78, 5) is 35.2. The van der Waals surface area contributed by atoms with Crippen molar-refractivity contribution < 1.29 is 14.6 Å². The smallest absolute Gasteiger partial charge is 0.328 e. The zero-order chi connectivity index (χ0) is 13.5. The number of rotatable bonds is 6. The van der Waals surface area contributed by atoms with E-state index in [4.69, 9.17) is 9.84 Å². The first kappa shape index (κ1) is 14.2. The first-order valence-electron chi connectivity index (χ1n) is 5.57. The van der Waals surface area contributed by atoms with Crippen LogP contribution in [0.1, 0.15) is 13.3 Å². The Kier molecular flexibility index (Phi) is 5.31. The maximum Gasteiger partial charge on any atom is 0.328 e. The molecule has 1 aromatic rings. The van der Waals surface area contributed by atoms with E-state index < -0.39 is 17.2 Å². The second-order valence-electron chi connectivity index (χ2n) is 3.94. The first-order chi connectivity index (χ1) is 8.52. The summed E-state index contributed by atoms with van der Waals surface area (Å²) in [5, 5.41) is 8.91. The molecule has 1 unspecified atom stereocenters. The summed E-state index contributed by atoms with van der Waals surface area (Å²) in [5.74, 6) is -0.589. The molecule has 1 atom stereocenters. The largest absolute Gasteiger partial charge is 0.466 e. The van der Waals surface area contributed by atoms with E-state index in [1.807, 2.05) is 0 Å². The number of H-pyrrole nitrogens is 1. The van der Waals surface area contributed by atoms with E-state index >= 15 is 0 Å². The number of hydrogen-bond acceptors (Lipinski definition) is 5. The maximum atomic E-state index is 11.5. The molecule has 7 nitrogen and oxygen atoms in total. The van der Waals surface area contributed by atoms with Gasteiger partial charge in [-0.15, -0.1) is 0 Å². The molecule has 18 heavy (non-hydrogen) atoms. The molecular weight excluding hydrogens is 240 g/mol. The molecule has 100 valence electrons. The summed E-state index contributed by atoms with van der Waals surface area (Å²) < 4.78 is 6.17. The molecule has 2 N–H and O–H groups in total. The van der Waals surface area contributed by atoms with Crippen molar-refractivity contribution in [2.45, 2.75) is 19.9 Å². The van der Waals surface area contributed by atoms with Gasteiger partial charge >= 0.3 is 11.7 Å². The Hall–Kier alpha value is -1.89. The number of nitrogens with zero attached hydrogens (tertiary/aromatic N) is 1. The van der Waals surface area contributed by atoms with Gasteiger partial charge in [-0.25, -0.2) is 4.79 Å². The fourth-order valence-electron chi connectivity index (χ4n) is 1.51. The van der Waals surface area contributed by atoms with Crippen LogP contribution >= 0.6 is 0 Å². The minimum absolute atomic E-state index is 0.0654. The lowest BCUT2D eigenvalue weighted by atomic mass is 10.1. The van der Waals surface area contributed by atoms with E-state index in [0.29, 0.717) is 6.42 Å². The number of esters is 1. The van der Waals surface area contributed by atoms with Crippen LogP contribution in [0.25, 0.3) is 0 Å². The Balaban J connectivity index is 2.72. The number of carbonyl (C=O) groups is 1. The molecule has 0 amide bonds. The number of aliphatic hydroxyl groups excluding tert-OH is 1. The van der Waals surface area contributed by atoms with Crippen LogP contribution < -0.4 is 11.2 Å². The second-order valence-corrected chi connectivity index (χ2v) is 3.94. The van der Waals surface area contributed by atoms with Crippen LogP contribution in [0.2, 0.25) is 0 Å². The van der Waals surface area contributed by atoms with Crippen molar-refractivity contribution >= 4 is 5.97 Å². The monoisotopic (exact) mass is 256 g/mol. The standard InChI is InChI=1S/C11H16N2O5/c1-8(15)18-7-9(3-5-14)6-13-4-2-10(16)12-11(13)17/h2,4,9,14H,3,5-7H2,1H3,(H,12,16,17). The molecule has 0 aliphatic rings. The Morgan fingerprint density at radius 1 is 1.56 bits per heavy atom. The van der Waals surface area contributed by atoms with E-state index in [1.165, 1.54) is 23.8 Å². The molecule has 0 bridgehead atoms. The van der Waals surface area contributed by atoms with Crippen molar-refractivity contribution in [3.05, 3.63) is 33.1 Å². The summed E-state index contributed by atoms with van der Waals surface area (Å²) in [7, 11) is 0. The number of hydrogen-bond donors (Lipinski definition) is 2. The number of ether oxygens (including phenoxy) is 1. The Morgan fingerprint density at radius 2 is 2.28 bits per heavy atom. The van der Waals surface area contributed by atoms with Crippen LogP contribution in [0.4, 0.5) is 0 Å². The topological polar surface area (TPSA) is 101 Å². The summed E-state index contributed by atoms with van der Waals surface area (Å²) in [6, 6.07) is 1.24. The summed E-state index contributed by atoms with van der Waals surface area (Å²) in [6.07, 6.45) is 1.78. The number of nitrogens with one attached hydrogen (secondary N) is 1. The van der Waals surface area contributed by atoms with Crippen LogP contribution in [0.5, 0.6) is 0 Å². The van der Waals surface area contributed by atoms with Gasteiger partial charge < -0.3 is 14.4 Å². The van der Waals surface area contributed by atoms with E-state index in [2.05, 4.69) is 4.98 Å². The van der Waals surface area contributed by atoms with Gasteiger partial charge in [-0.1, -0.05) is 0 Å². The van der Waals surface area contributed by atoms with Crippen molar-refractivity contribution in [3.63, 3.8) is 0 Å². The highest BCUT2D eigenvalue weighted by molar-refractivity contribution is 5.65. The van der Waals surface area contributed by atoms with Gasteiger partial charge in [-0.2, -0.15) is 0 Å². The molecule has 7 heteroatoms. The highest BCUT2D eigenvalue weighted by Crippen LogP contribution is 2.06. The highest BCUT2D eigenvalue weighted by atomic mass is 16.5. The fourth-order valence-corrected chi connectivity index (χ4v) is 1.51. The van der Waals surface area contributed by atoms with E-state index in [9.17, 15) is 14.4 Å². The molecule has 0 spiro atoms. The third-order valence-electron chi connectivity index (χ3n) is 2.41. The zero-order valence-electron chi connectivity index (χ0n) is 10.1. The Bertz CT molecular complexity index is 505. The predicted molar refractivity (Wildman–Crippen MR) is 63.1 cm³/mol. The highest BCUT2D eigenvalue weighted by Gasteiger charge is 2.12. The van der Waals surface area contributed by atoms with E-state index in [1.54, 1.807) is 0 Å². The molecule has 0 aliphatic heterocycles. The van der Waals surface area contributed by atoms with Gasteiger partial charge in [-0.05, 0) is 6.42 Å². The van der Waals surface area contributed by atoms with Crippen molar-refractivity contribution in [1.29, 1.82) is 0 Å². The van der Waals surface area contributed by atoms with Crippen molar-refractivity contribution in [3.8, 4) is 0 Å². The van der Waals surface area contributed by atoms with Gasteiger partial charge in [-0.3, -0.25) is 14.6 Å². The summed E-state index contributed by atoms with van der Waals surface area (Å²) >= 11 is 0. The van der Waals surface area contributed by atoms with Gasteiger partial charge in [0.25, 0.3) is 5.56 Å². The van der Waals surface area contributed by atoms with Crippen LogP contribution in [-0.2, 0) is 16.1 Å². The molecule has 1 heterocycles. The minimum atomic E-state index is -0.520. The average Bonchev–Trinajstić information content (AvgIpc) is 2.29. The summed E-state index contributed by atoms with van der Waals surface area (Å²) in [5.41, 5.74) is -0.983. The number of aromatic nitrogens is 2. The Labute approximate surface area is 103 Å². The molecule has 0 saturated carbocycles. The average molecular weight is 256 g/mol. The zero-order valence-corrected chi connectivity index (χ0v) is 10.1. The van der Waals surface area contributed by atoms with Crippen molar-refractivity contribution in [1.82, 2.24) is 9.55 Å². The second kappa shape index (κ2) is 6.75. The lowest BCUT2D eigenvalue weighted by Gasteiger charge is -2.16. The molecule has 0 saturated heterocycles. The number of aromatic amines is 1. The van der Waals surface area contributed by atoms with Crippen LogP contribution in [0.15, 0.2) is 21.9 Å². The lowest BCUT2D eigenvalue weighted by molar-refractivity contribution is -0.142. The van der Waals surface area contributed by atoms with Crippen molar-refractivity contribution in [2.75, 3.05) is 13.2 Å². The predicted octanol–water partition coefficient (Wildman–Crippen LogP) is -0.902.